The summed E-state index contributed by atoms with van der Waals surface area (Å²) in [6, 6.07) is 5.01. The van der Waals surface area contributed by atoms with E-state index in [1.807, 2.05) is 4.90 Å². The fourth-order valence-electron chi connectivity index (χ4n) is 2.13. The molecule has 0 amide bonds. The van der Waals surface area contributed by atoms with Crippen LogP contribution < -0.4 is 4.90 Å². The van der Waals surface area contributed by atoms with Gasteiger partial charge in [-0.15, -0.1) is 0 Å². The van der Waals surface area contributed by atoms with Crippen LogP contribution in [0.5, 0.6) is 0 Å². The number of carbonyl (C=O) groups is 1. The Morgan fingerprint density at radius 2 is 1.90 bits per heavy atom. The second kappa shape index (κ2) is 5.84. The molecule has 108 valence electrons. The van der Waals surface area contributed by atoms with Crippen LogP contribution in [0.25, 0.3) is 11.4 Å². The molecule has 1 N–H and O–H groups in total. The van der Waals surface area contributed by atoms with Crippen molar-refractivity contribution in [1.82, 2.24) is 15.0 Å². The third-order valence-corrected chi connectivity index (χ3v) is 3.21. The summed E-state index contributed by atoms with van der Waals surface area (Å²) in [4.78, 5) is 25.8. The number of pyridine rings is 1. The maximum absolute atomic E-state index is 11.3. The van der Waals surface area contributed by atoms with Gasteiger partial charge in [0, 0.05) is 37.1 Å². The normalized spacial score (nSPS) is 15.0. The first-order valence-electron chi connectivity index (χ1n) is 6.59. The summed E-state index contributed by atoms with van der Waals surface area (Å²) >= 11 is 0. The zero-order valence-electron chi connectivity index (χ0n) is 11.3. The molecule has 0 radical (unpaired) electrons. The maximum Gasteiger partial charge on any atom is 0.354 e. The molecule has 0 bridgehead atoms. The molecule has 2 aromatic rings. The largest absolute Gasteiger partial charge is 0.477 e. The van der Waals surface area contributed by atoms with Gasteiger partial charge in [-0.25, -0.2) is 14.8 Å². The van der Waals surface area contributed by atoms with Crippen molar-refractivity contribution in [1.29, 1.82) is 0 Å². The molecule has 3 heterocycles. The van der Waals surface area contributed by atoms with Crippen LogP contribution in [0.1, 0.15) is 10.5 Å². The van der Waals surface area contributed by atoms with Crippen LogP contribution in [0, 0.1) is 0 Å². The number of hydrogen-bond donors (Lipinski definition) is 1. The molecule has 3 rings (SSSR count). The van der Waals surface area contributed by atoms with Crippen molar-refractivity contribution >= 4 is 11.8 Å². The highest BCUT2D eigenvalue weighted by Crippen LogP contribution is 2.20. The van der Waals surface area contributed by atoms with Gasteiger partial charge in [0.15, 0.2) is 11.5 Å². The van der Waals surface area contributed by atoms with Crippen molar-refractivity contribution in [3.05, 3.63) is 36.3 Å². The van der Waals surface area contributed by atoms with E-state index in [0.717, 1.165) is 5.56 Å². The first kappa shape index (κ1) is 13.4. The quantitative estimate of drug-likeness (QED) is 0.902. The van der Waals surface area contributed by atoms with E-state index in [9.17, 15) is 9.90 Å². The van der Waals surface area contributed by atoms with E-state index in [1.54, 1.807) is 24.5 Å². The highest BCUT2D eigenvalue weighted by atomic mass is 16.5. The summed E-state index contributed by atoms with van der Waals surface area (Å²) in [6.45, 7) is 2.59. The number of hydrogen-bond acceptors (Lipinski definition) is 6. The van der Waals surface area contributed by atoms with Crippen LogP contribution in [0.3, 0.4) is 0 Å². The predicted octanol–water partition coefficient (Wildman–Crippen LogP) is 1.07. The lowest BCUT2D eigenvalue weighted by molar-refractivity contribution is 0.0690. The number of nitrogens with zero attached hydrogens (tertiary/aromatic N) is 4. The molecule has 7 nitrogen and oxygen atoms in total. The van der Waals surface area contributed by atoms with Gasteiger partial charge in [0.05, 0.1) is 13.2 Å². The fraction of sp³-hybridized carbons (Fsp3) is 0.286. The number of carboxylic acid groups (broad SMARTS) is 1. The average molecular weight is 286 g/mol. The van der Waals surface area contributed by atoms with Gasteiger partial charge in [-0.3, -0.25) is 4.98 Å². The summed E-state index contributed by atoms with van der Waals surface area (Å²) in [5.74, 6) is -0.0708. The molecule has 0 spiro atoms. The summed E-state index contributed by atoms with van der Waals surface area (Å²) in [5.41, 5.74) is 0.723. The van der Waals surface area contributed by atoms with Crippen molar-refractivity contribution in [3.63, 3.8) is 0 Å². The zero-order chi connectivity index (χ0) is 14.7. The number of anilines is 1. The molecule has 0 aliphatic carbocycles. The fourth-order valence-corrected chi connectivity index (χ4v) is 2.13. The van der Waals surface area contributed by atoms with Crippen molar-refractivity contribution in [2.75, 3.05) is 31.2 Å². The van der Waals surface area contributed by atoms with E-state index in [0.29, 0.717) is 37.9 Å². The zero-order valence-corrected chi connectivity index (χ0v) is 11.3. The number of aromatic carboxylic acids is 1. The number of ether oxygens (including phenoxy) is 1. The molecule has 0 unspecified atom stereocenters. The smallest absolute Gasteiger partial charge is 0.354 e. The Labute approximate surface area is 121 Å². The van der Waals surface area contributed by atoms with Crippen molar-refractivity contribution in [2.24, 2.45) is 0 Å². The van der Waals surface area contributed by atoms with Crippen LogP contribution in [-0.4, -0.2) is 52.3 Å². The van der Waals surface area contributed by atoms with Crippen LogP contribution in [0.15, 0.2) is 30.6 Å². The van der Waals surface area contributed by atoms with Gasteiger partial charge in [0.2, 0.25) is 0 Å². The molecule has 0 atom stereocenters. The Morgan fingerprint density at radius 3 is 2.57 bits per heavy atom. The minimum Gasteiger partial charge on any atom is -0.477 e. The highest BCUT2D eigenvalue weighted by molar-refractivity contribution is 5.87. The molecule has 1 saturated heterocycles. The first-order valence-corrected chi connectivity index (χ1v) is 6.59. The Morgan fingerprint density at radius 1 is 1.19 bits per heavy atom. The van der Waals surface area contributed by atoms with Gasteiger partial charge in [-0.05, 0) is 12.1 Å². The lowest BCUT2D eigenvalue weighted by Crippen LogP contribution is -2.37. The SMILES string of the molecule is O=C(O)c1cc(N2CCOCC2)nc(-c2ccncc2)n1. The van der Waals surface area contributed by atoms with E-state index in [-0.39, 0.29) is 5.69 Å². The molecular weight excluding hydrogens is 272 g/mol. The number of morpholine rings is 1. The van der Waals surface area contributed by atoms with Gasteiger partial charge < -0.3 is 14.7 Å². The molecule has 0 aromatic carbocycles. The minimum atomic E-state index is -1.07. The standard InChI is InChI=1S/C14H14N4O3/c19-14(20)11-9-12(18-5-7-21-8-6-18)17-13(16-11)10-1-3-15-4-2-10/h1-4,9H,5-8H2,(H,19,20). The van der Waals surface area contributed by atoms with Gasteiger partial charge >= 0.3 is 5.97 Å². The van der Waals surface area contributed by atoms with E-state index in [1.165, 1.54) is 6.07 Å². The second-order valence-corrected chi connectivity index (χ2v) is 4.58. The number of rotatable bonds is 3. The molecule has 0 saturated carbocycles. The van der Waals surface area contributed by atoms with Crippen LogP contribution in [0.4, 0.5) is 5.82 Å². The van der Waals surface area contributed by atoms with E-state index in [4.69, 9.17) is 4.74 Å². The first-order chi connectivity index (χ1) is 10.2. The van der Waals surface area contributed by atoms with Gasteiger partial charge in [0.1, 0.15) is 5.82 Å². The molecule has 1 fully saturated rings. The maximum atomic E-state index is 11.3. The van der Waals surface area contributed by atoms with E-state index in [2.05, 4.69) is 15.0 Å². The Bertz CT molecular complexity index is 642. The van der Waals surface area contributed by atoms with Crippen LogP contribution in [-0.2, 0) is 4.74 Å². The van der Waals surface area contributed by atoms with Crippen molar-refractivity contribution in [3.8, 4) is 11.4 Å². The van der Waals surface area contributed by atoms with Crippen molar-refractivity contribution in [2.45, 2.75) is 0 Å². The number of carboxylic acids is 1. The summed E-state index contributed by atoms with van der Waals surface area (Å²) in [7, 11) is 0. The van der Waals surface area contributed by atoms with Crippen LogP contribution in [0.2, 0.25) is 0 Å². The molecule has 7 heteroatoms. The van der Waals surface area contributed by atoms with Gasteiger partial charge in [-0.2, -0.15) is 0 Å². The van der Waals surface area contributed by atoms with Crippen LogP contribution >= 0.6 is 0 Å². The topological polar surface area (TPSA) is 88.4 Å². The Kier molecular flexibility index (Phi) is 3.74. The monoisotopic (exact) mass is 286 g/mol. The molecule has 21 heavy (non-hydrogen) atoms. The number of aromatic nitrogens is 3. The third-order valence-electron chi connectivity index (χ3n) is 3.21. The summed E-state index contributed by atoms with van der Waals surface area (Å²) in [6.07, 6.45) is 3.25. The summed E-state index contributed by atoms with van der Waals surface area (Å²) < 4.78 is 5.30. The predicted molar refractivity (Wildman–Crippen MR) is 75.3 cm³/mol. The van der Waals surface area contributed by atoms with Crippen molar-refractivity contribution < 1.29 is 14.6 Å². The lowest BCUT2D eigenvalue weighted by Gasteiger charge is -2.28. The minimum absolute atomic E-state index is 0.0155. The molecule has 1 aliphatic rings. The van der Waals surface area contributed by atoms with Gasteiger partial charge in [0.25, 0.3) is 0 Å². The lowest BCUT2D eigenvalue weighted by atomic mass is 10.2. The Hall–Kier alpha value is -2.54. The second-order valence-electron chi connectivity index (χ2n) is 4.58. The van der Waals surface area contributed by atoms with E-state index >= 15 is 0 Å². The average Bonchev–Trinajstić information content (AvgIpc) is 2.56. The molecule has 1 aliphatic heterocycles. The molecular formula is C14H14N4O3. The van der Waals surface area contributed by atoms with Gasteiger partial charge in [-0.1, -0.05) is 0 Å². The highest BCUT2D eigenvalue weighted by Gasteiger charge is 2.17. The summed E-state index contributed by atoms with van der Waals surface area (Å²) in [5, 5.41) is 9.23. The Balaban J connectivity index is 2.03. The third kappa shape index (κ3) is 2.97. The molecule has 2 aromatic heterocycles. The van der Waals surface area contributed by atoms with E-state index < -0.39 is 5.97 Å².